The average molecular weight is 263 g/mol. The average Bonchev–Trinajstić information content (AvgIpc) is 2.93. The van der Waals surface area contributed by atoms with E-state index in [0.29, 0.717) is 11.3 Å². The van der Waals surface area contributed by atoms with Crippen molar-refractivity contribution in [2.45, 2.75) is 6.92 Å². The molecule has 4 heteroatoms. The van der Waals surface area contributed by atoms with Crippen LogP contribution in [0.1, 0.15) is 15.9 Å². The van der Waals surface area contributed by atoms with E-state index in [2.05, 4.69) is 10.1 Å². The number of carbonyl (C=O) groups excluding carboxylic acids is 1. The van der Waals surface area contributed by atoms with Gasteiger partial charge < -0.3 is 0 Å². The van der Waals surface area contributed by atoms with E-state index >= 15 is 0 Å². The summed E-state index contributed by atoms with van der Waals surface area (Å²) in [4.78, 5) is 15.3. The molecule has 0 unspecified atom stereocenters. The maximum absolute atomic E-state index is 11.3. The Morgan fingerprint density at radius 2 is 1.85 bits per heavy atom. The van der Waals surface area contributed by atoms with Gasteiger partial charge in [0.1, 0.15) is 5.69 Å². The number of nitrogens with zero attached hydrogens (tertiary/aromatic N) is 3. The Morgan fingerprint density at radius 1 is 1.10 bits per heavy atom. The first-order chi connectivity index (χ1) is 9.79. The van der Waals surface area contributed by atoms with Crippen LogP contribution < -0.4 is 0 Å². The Hall–Kier alpha value is -2.75. The Morgan fingerprint density at radius 3 is 2.55 bits per heavy atom. The highest BCUT2D eigenvalue weighted by molar-refractivity contribution is 5.86. The van der Waals surface area contributed by atoms with Gasteiger partial charge in [0, 0.05) is 24.2 Å². The van der Waals surface area contributed by atoms with Crippen molar-refractivity contribution in [1.29, 1.82) is 0 Å². The molecule has 4 nitrogen and oxygen atoms in total. The van der Waals surface area contributed by atoms with Gasteiger partial charge in [0.25, 0.3) is 0 Å². The molecule has 3 rings (SSSR count). The van der Waals surface area contributed by atoms with Crippen molar-refractivity contribution >= 4 is 6.29 Å². The van der Waals surface area contributed by atoms with E-state index < -0.39 is 0 Å². The lowest BCUT2D eigenvalue weighted by molar-refractivity contribution is 0.112. The summed E-state index contributed by atoms with van der Waals surface area (Å²) in [5.74, 6) is 0. The molecule has 2 heterocycles. The zero-order valence-electron chi connectivity index (χ0n) is 11.0. The van der Waals surface area contributed by atoms with Crippen LogP contribution in [0.5, 0.6) is 0 Å². The minimum Gasteiger partial charge on any atom is -0.298 e. The van der Waals surface area contributed by atoms with Crippen LogP contribution in [0.15, 0.2) is 55.0 Å². The van der Waals surface area contributed by atoms with E-state index in [4.69, 9.17) is 0 Å². The monoisotopic (exact) mass is 263 g/mol. The van der Waals surface area contributed by atoms with Crippen molar-refractivity contribution in [1.82, 2.24) is 14.8 Å². The zero-order chi connectivity index (χ0) is 13.9. The Bertz CT molecular complexity index is 747. The van der Waals surface area contributed by atoms with Crippen LogP contribution in [-0.2, 0) is 0 Å². The number of pyridine rings is 1. The molecule has 0 saturated carbocycles. The molecule has 0 aliphatic carbocycles. The zero-order valence-corrected chi connectivity index (χ0v) is 11.0. The Balaban J connectivity index is 2.16. The summed E-state index contributed by atoms with van der Waals surface area (Å²) < 4.78 is 1.70. The molecule has 98 valence electrons. The van der Waals surface area contributed by atoms with E-state index in [9.17, 15) is 4.79 Å². The molecule has 20 heavy (non-hydrogen) atoms. The first kappa shape index (κ1) is 12.3. The number of aromatic nitrogens is 3. The van der Waals surface area contributed by atoms with Crippen LogP contribution in [-0.4, -0.2) is 21.1 Å². The summed E-state index contributed by atoms with van der Waals surface area (Å²) in [5, 5.41) is 4.54. The van der Waals surface area contributed by atoms with E-state index in [1.807, 2.05) is 43.3 Å². The summed E-state index contributed by atoms with van der Waals surface area (Å²) in [6.45, 7) is 2.01. The third-order valence-electron chi connectivity index (χ3n) is 3.20. The minimum absolute atomic E-state index is 0.580. The van der Waals surface area contributed by atoms with Gasteiger partial charge in [-0.1, -0.05) is 24.3 Å². The van der Waals surface area contributed by atoms with Crippen molar-refractivity contribution in [2.75, 3.05) is 0 Å². The van der Waals surface area contributed by atoms with Gasteiger partial charge in [-0.05, 0) is 24.6 Å². The van der Waals surface area contributed by atoms with Crippen LogP contribution >= 0.6 is 0 Å². The molecular formula is C16H13N3O. The number of rotatable bonds is 3. The lowest BCUT2D eigenvalue weighted by atomic mass is 10.0. The van der Waals surface area contributed by atoms with Gasteiger partial charge in [-0.2, -0.15) is 5.10 Å². The largest absolute Gasteiger partial charge is 0.298 e. The van der Waals surface area contributed by atoms with Crippen molar-refractivity contribution in [3.8, 4) is 16.9 Å². The predicted molar refractivity (Wildman–Crippen MR) is 76.9 cm³/mol. The maximum atomic E-state index is 11.3. The number of aldehydes is 1. The molecule has 0 spiro atoms. The van der Waals surface area contributed by atoms with Crippen molar-refractivity contribution < 1.29 is 4.79 Å². The highest BCUT2D eigenvalue weighted by Gasteiger charge is 2.13. The molecule has 0 atom stereocenters. The second kappa shape index (κ2) is 5.09. The van der Waals surface area contributed by atoms with Gasteiger partial charge >= 0.3 is 0 Å². The smallest absolute Gasteiger partial charge is 0.153 e. The van der Waals surface area contributed by atoms with E-state index in [1.54, 1.807) is 23.3 Å². The van der Waals surface area contributed by atoms with Crippen molar-refractivity contribution in [3.63, 3.8) is 0 Å². The number of carbonyl (C=O) groups is 1. The summed E-state index contributed by atoms with van der Waals surface area (Å²) in [6, 6.07) is 11.6. The standard InChI is InChI=1S/C16H13N3O/c1-12-4-2-3-5-15(12)16-13(11-20)10-19(18-16)14-6-8-17-9-7-14/h2-11H,1H3. The van der Waals surface area contributed by atoms with Gasteiger partial charge in [-0.3, -0.25) is 9.78 Å². The number of aryl methyl sites for hydroxylation is 1. The second-order valence-electron chi connectivity index (χ2n) is 4.52. The molecule has 0 fully saturated rings. The summed E-state index contributed by atoms with van der Waals surface area (Å²) >= 11 is 0. The topological polar surface area (TPSA) is 47.8 Å². The highest BCUT2D eigenvalue weighted by Crippen LogP contribution is 2.25. The van der Waals surface area contributed by atoms with Crippen LogP contribution in [0.2, 0.25) is 0 Å². The first-order valence-corrected chi connectivity index (χ1v) is 6.31. The van der Waals surface area contributed by atoms with E-state index in [0.717, 1.165) is 23.1 Å². The van der Waals surface area contributed by atoms with Gasteiger partial charge in [-0.25, -0.2) is 4.68 Å². The highest BCUT2D eigenvalue weighted by atomic mass is 16.1. The van der Waals surface area contributed by atoms with Crippen molar-refractivity contribution in [2.24, 2.45) is 0 Å². The van der Waals surface area contributed by atoms with E-state index in [1.165, 1.54) is 0 Å². The summed E-state index contributed by atoms with van der Waals surface area (Å²) in [6.07, 6.45) is 5.98. The molecule has 0 radical (unpaired) electrons. The maximum Gasteiger partial charge on any atom is 0.153 e. The van der Waals surface area contributed by atoms with Gasteiger partial charge in [-0.15, -0.1) is 0 Å². The van der Waals surface area contributed by atoms with E-state index in [-0.39, 0.29) is 0 Å². The normalized spacial score (nSPS) is 10.4. The van der Waals surface area contributed by atoms with Crippen molar-refractivity contribution in [3.05, 3.63) is 66.1 Å². The number of benzene rings is 1. The SMILES string of the molecule is Cc1ccccc1-c1nn(-c2ccncc2)cc1C=O. The Labute approximate surface area is 116 Å². The molecule has 2 aromatic heterocycles. The molecule has 1 aromatic carbocycles. The summed E-state index contributed by atoms with van der Waals surface area (Å²) in [5.41, 5.74) is 4.23. The lowest BCUT2D eigenvalue weighted by Gasteiger charge is -2.03. The number of hydrogen-bond donors (Lipinski definition) is 0. The fraction of sp³-hybridized carbons (Fsp3) is 0.0625. The predicted octanol–water partition coefficient (Wildman–Crippen LogP) is 3.06. The lowest BCUT2D eigenvalue weighted by Crippen LogP contribution is -1.95. The molecule has 3 aromatic rings. The van der Waals surface area contributed by atoms with Crippen LogP contribution in [0.4, 0.5) is 0 Å². The number of hydrogen-bond acceptors (Lipinski definition) is 3. The van der Waals surface area contributed by atoms with Crippen LogP contribution in [0.3, 0.4) is 0 Å². The first-order valence-electron chi connectivity index (χ1n) is 6.31. The van der Waals surface area contributed by atoms with Crippen LogP contribution in [0.25, 0.3) is 16.9 Å². The van der Waals surface area contributed by atoms with Gasteiger partial charge in [0.05, 0.1) is 11.3 Å². The third-order valence-corrected chi connectivity index (χ3v) is 3.20. The molecule has 0 aliphatic heterocycles. The minimum atomic E-state index is 0.580. The second-order valence-corrected chi connectivity index (χ2v) is 4.52. The third kappa shape index (κ3) is 2.12. The van der Waals surface area contributed by atoms with Gasteiger partial charge in [0.2, 0.25) is 0 Å². The quantitative estimate of drug-likeness (QED) is 0.682. The Kier molecular flexibility index (Phi) is 3.13. The molecular weight excluding hydrogens is 250 g/mol. The molecule has 0 amide bonds. The fourth-order valence-corrected chi connectivity index (χ4v) is 2.15. The molecule has 0 aliphatic rings. The van der Waals surface area contributed by atoms with Crippen LogP contribution in [0, 0.1) is 6.92 Å². The fourth-order valence-electron chi connectivity index (χ4n) is 2.15. The molecule has 0 bridgehead atoms. The van der Waals surface area contributed by atoms with Gasteiger partial charge in [0.15, 0.2) is 6.29 Å². The molecule has 0 N–H and O–H groups in total. The molecule has 0 saturated heterocycles. The summed E-state index contributed by atoms with van der Waals surface area (Å²) in [7, 11) is 0.